The molecule has 0 radical (unpaired) electrons. The van der Waals surface area contributed by atoms with Crippen LogP contribution in [-0.4, -0.2) is 10.9 Å². The number of thioether (sulfide) groups is 1. The molecule has 2 N–H and O–H groups in total. The van der Waals surface area contributed by atoms with Gasteiger partial charge in [0.25, 0.3) is 0 Å². The average Bonchev–Trinajstić information content (AvgIpc) is 2.55. The Morgan fingerprint density at radius 3 is 1.86 bits per heavy atom. The molecule has 0 fully saturated rings. The number of nitrogens with two attached hydrogens (primary N) is 1. The Morgan fingerprint density at radius 1 is 0.905 bits per heavy atom. The fourth-order valence-electron chi connectivity index (χ4n) is 1.26. The first-order valence-corrected chi connectivity index (χ1v) is 8.48. The number of aryl methyl sites for hydroxylation is 2. The van der Waals surface area contributed by atoms with Crippen LogP contribution < -0.4 is 5.73 Å². The Hall–Kier alpha value is -1.32. The lowest BCUT2D eigenvalue weighted by molar-refractivity contribution is 1.20. The number of hydrogen-bond acceptors (Lipinski definition) is 3. The summed E-state index contributed by atoms with van der Waals surface area (Å²) < 4.78 is 0. The molecule has 2 nitrogen and oxygen atoms in total. The molecular weight excluding hydrogens is 276 g/mol. The van der Waals surface area contributed by atoms with Crippen LogP contribution in [0.5, 0.6) is 0 Å². The summed E-state index contributed by atoms with van der Waals surface area (Å²) in [6.45, 7) is 12.1. The Morgan fingerprint density at radius 2 is 1.48 bits per heavy atom. The number of rotatable bonds is 2. The van der Waals surface area contributed by atoms with Gasteiger partial charge in [0.15, 0.2) is 0 Å². The minimum atomic E-state index is 0.658. The number of nitrogens with zero attached hydrogens (tertiary/aromatic N) is 1. The summed E-state index contributed by atoms with van der Waals surface area (Å²) >= 11 is 1.68. The highest BCUT2D eigenvalue weighted by Crippen LogP contribution is 2.19. The molecule has 1 heterocycles. The lowest BCUT2D eigenvalue weighted by Crippen LogP contribution is -1.92. The summed E-state index contributed by atoms with van der Waals surface area (Å²) in [5, 5.41) is 0. The predicted molar refractivity (Wildman–Crippen MR) is 97.8 cm³/mol. The van der Waals surface area contributed by atoms with Crippen molar-refractivity contribution in [3.63, 3.8) is 0 Å². The van der Waals surface area contributed by atoms with Gasteiger partial charge in [-0.25, -0.2) is 0 Å². The second-order valence-corrected chi connectivity index (χ2v) is 4.61. The molecule has 3 heteroatoms. The quantitative estimate of drug-likeness (QED) is 0.592. The number of benzene rings is 1. The molecule has 0 unspecified atom stereocenters. The molecule has 0 aliphatic heterocycles. The summed E-state index contributed by atoms with van der Waals surface area (Å²) in [7, 11) is 0. The molecule has 2 rings (SSSR count). The summed E-state index contributed by atoms with van der Waals surface area (Å²) in [4.78, 5) is 5.26. The first-order valence-electron chi connectivity index (χ1n) is 7.50. The zero-order valence-corrected chi connectivity index (χ0v) is 15.1. The van der Waals surface area contributed by atoms with Gasteiger partial charge < -0.3 is 5.73 Å². The number of pyridine rings is 1. The monoisotopic (exact) mass is 306 g/mol. The van der Waals surface area contributed by atoms with E-state index in [2.05, 4.69) is 24.0 Å². The highest BCUT2D eigenvalue weighted by Gasteiger charge is 1.93. The first-order chi connectivity index (χ1) is 10.2. The molecule has 0 saturated carbocycles. The molecule has 1 aromatic heterocycles. The Bertz CT molecular complexity index is 430. The third-order valence-corrected chi connectivity index (χ3v) is 3.08. The second kappa shape index (κ2) is 16.7. The van der Waals surface area contributed by atoms with Gasteiger partial charge in [-0.2, -0.15) is 0 Å². The lowest BCUT2D eigenvalue weighted by atomic mass is 10.2. The molecule has 0 saturated heterocycles. The van der Waals surface area contributed by atoms with Crippen molar-refractivity contribution in [3.05, 3.63) is 59.9 Å². The van der Waals surface area contributed by atoms with E-state index >= 15 is 0 Å². The summed E-state index contributed by atoms with van der Waals surface area (Å²) in [6.07, 6.45) is 1.79. The lowest BCUT2D eigenvalue weighted by Gasteiger charge is -2.00. The normalized spacial score (nSPS) is 8.14. The maximum absolute atomic E-state index is 5.39. The van der Waals surface area contributed by atoms with Gasteiger partial charge in [0.2, 0.25) is 0 Å². The molecule has 118 valence electrons. The van der Waals surface area contributed by atoms with Crippen LogP contribution in [-0.2, 0) is 0 Å². The molecular formula is C18H30N2S. The van der Waals surface area contributed by atoms with Crippen molar-refractivity contribution >= 4 is 11.8 Å². The van der Waals surface area contributed by atoms with Crippen LogP contribution >= 0.6 is 11.8 Å². The molecule has 0 spiro atoms. The van der Waals surface area contributed by atoms with E-state index in [1.807, 2.05) is 65.0 Å². The first kappa shape index (κ1) is 22.0. The molecule has 0 bridgehead atoms. The van der Waals surface area contributed by atoms with Gasteiger partial charge in [-0.1, -0.05) is 52.0 Å². The summed E-state index contributed by atoms with van der Waals surface area (Å²) in [5.74, 6) is 0.658. The van der Waals surface area contributed by atoms with Crippen molar-refractivity contribution in [2.75, 3.05) is 5.88 Å². The van der Waals surface area contributed by atoms with Crippen molar-refractivity contribution in [2.24, 2.45) is 5.73 Å². The van der Waals surface area contributed by atoms with Crippen LogP contribution in [0, 0.1) is 13.8 Å². The van der Waals surface area contributed by atoms with Crippen molar-refractivity contribution < 1.29 is 0 Å². The van der Waals surface area contributed by atoms with E-state index in [0.29, 0.717) is 5.88 Å². The fourth-order valence-corrected chi connectivity index (χ4v) is 1.91. The molecule has 21 heavy (non-hydrogen) atoms. The van der Waals surface area contributed by atoms with E-state index in [1.165, 1.54) is 10.5 Å². The largest absolute Gasteiger partial charge is 0.322 e. The standard InChI is InChI=1S/C8H11NS.C6H7N.2C2H6/c1-7-4-2-3-5-8(7)10-6-9;1-6-4-2-3-5-7-6;2*1-2/h2-5H,6,9H2,1H3;2-5H,1H3;2*1-2H3. The van der Waals surface area contributed by atoms with Crippen LogP contribution in [0.4, 0.5) is 0 Å². The van der Waals surface area contributed by atoms with Gasteiger partial charge in [-0.15, -0.1) is 11.8 Å². The molecule has 0 aliphatic rings. The maximum atomic E-state index is 5.39. The van der Waals surface area contributed by atoms with Crippen molar-refractivity contribution in [1.29, 1.82) is 0 Å². The fraction of sp³-hybridized carbons (Fsp3) is 0.389. The SMILES string of the molecule is CC.CC.Cc1ccccc1SCN.Cc1ccccn1. The van der Waals surface area contributed by atoms with E-state index in [4.69, 9.17) is 5.73 Å². The van der Waals surface area contributed by atoms with E-state index in [9.17, 15) is 0 Å². The van der Waals surface area contributed by atoms with Crippen molar-refractivity contribution in [3.8, 4) is 0 Å². The molecule has 0 amide bonds. The Kier molecular flexibility index (Phi) is 17.5. The summed E-state index contributed by atoms with van der Waals surface area (Å²) in [5.41, 5.74) is 7.77. The Balaban J connectivity index is 0. The van der Waals surface area contributed by atoms with Gasteiger partial charge in [0.05, 0.1) is 0 Å². The van der Waals surface area contributed by atoms with Gasteiger partial charge in [-0.3, -0.25) is 4.98 Å². The molecule has 1 aromatic carbocycles. The second-order valence-electron chi connectivity index (χ2n) is 3.55. The van der Waals surface area contributed by atoms with Crippen LogP contribution in [0.15, 0.2) is 53.6 Å². The van der Waals surface area contributed by atoms with Gasteiger partial charge in [0, 0.05) is 22.7 Å². The predicted octanol–water partition coefficient (Wildman–Crippen LogP) is 5.45. The van der Waals surface area contributed by atoms with Crippen LogP contribution in [0.2, 0.25) is 0 Å². The molecule has 2 aromatic rings. The number of aromatic nitrogens is 1. The molecule has 0 aliphatic carbocycles. The third-order valence-electron chi connectivity index (χ3n) is 2.15. The minimum Gasteiger partial charge on any atom is -0.322 e. The smallest absolute Gasteiger partial charge is 0.0440 e. The minimum absolute atomic E-state index is 0.658. The van der Waals surface area contributed by atoms with Gasteiger partial charge in [-0.05, 0) is 37.6 Å². The van der Waals surface area contributed by atoms with E-state index in [-0.39, 0.29) is 0 Å². The van der Waals surface area contributed by atoms with E-state index in [0.717, 1.165) is 5.69 Å². The van der Waals surface area contributed by atoms with Crippen LogP contribution in [0.3, 0.4) is 0 Å². The highest BCUT2D eigenvalue weighted by molar-refractivity contribution is 7.99. The number of hydrogen-bond donors (Lipinski definition) is 1. The topological polar surface area (TPSA) is 38.9 Å². The van der Waals surface area contributed by atoms with Crippen molar-refractivity contribution in [2.45, 2.75) is 46.4 Å². The maximum Gasteiger partial charge on any atom is 0.0440 e. The Labute approximate surface area is 135 Å². The van der Waals surface area contributed by atoms with E-state index in [1.54, 1.807) is 18.0 Å². The van der Waals surface area contributed by atoms with Gasteiger partial charge >= 0.3 is 0 Å². The van der Waals surface area contributed by atoms with Crippen LogP contribution in [0.25, 0.3) is 0 Å². The zero-order valence-electron chi connectivity index (χ0n) is 14.3. The zero-order chi connectivity index (χ0) is 16.5. The summed E-state index contributed by atoms with van der Waals surface area (Å²) in [6, 6.07) is 14.1. The van der Waals surface area contributed by atoms with E-state index < -0.39 is 0 Å². The third kappa shape index (κ3) is 12.2. The average molecular weight is 307 g/mol. The molecule has 0 atom stereocenters. The highest BCUT2D eigenvalue weighted by atomic mass is 32.2. The van der Waals surface area contributed by atoms with Gasteiger partial charge in [0.1, 0.15) is 0 Å². The van der Waals surface area contributed by atoms with Crippen molar-refractivity contribution in [1.82, 2.24) is 4.98 Å². The van der Waals surface area contributed by atoms with Crippen LogP contribution in [0.1, 0.15) is 39.0 Å².